The van der Waals surface area contributed by atoms with Crippen LogP contribution in [0.5, 0.6) is 5.75 Å². The molecule has 7 heteroatoms. The Morgan fingerprint density at radius 1 is 0.900 bits per heavy atom. The molecule has 0 saturated carbocycles. The SMILES string of the molecule is Fc1cc(OCc2ccccc2)cc(F)c1[B-](F)(F)F. The Balaban J connectivity index is 2.19. The zero-order valence-corrected chi connectivity index (χ0v) is 10.1. The predicted octanol–water partition coefficient (Wildman–Crippen LogP) is 3.60. The fourth-order valence-electron chi connectivity index (χ4n) is 1.70. The van der Waals surface area contributed by atoms with E-state index in [1.807, 2.05) is 0 Å². The van der Waals surface area contributed by atoms with E-state index in [2.05, 4.69) is 0 Å². The first-order chi connectivity index (χ1) is 9.38. The van der Waals surface area contributed by atoms with Crippen LogP contribution in [0.4, 0.5) is 21.7 Å². The molecule has 106 valence electrons. The van der Waals surface area contributed by atoms with Crippen molar-refractivity contribution in [3.05, 3.63) is 59.7 Å². The Bertz CT molecular complexity index is 574. The first-order valence-corrected chi connectivity index (χ1v) is 5.73. The Hall–Kier alpha value is -2.05. The van der Waals surface area contributed by atoms with Crippen LogP contribution in [-0.4, -0.2) is 6.98 Å². The molecule has 2 aromatic rings. The van der Waals surface area contributed by atoms with Crippen molar-refractivity contribution in [2.75, 3.05) is 0 Å². The van der Waals surface area contributed by atoms with Gasteiger partial charge in [-0.1, -0.05) is 30.3 Å². The van der Waals surface area contributed by atoms with Crippen molar-refractivity contribution < 1.29 is 26.5 Å². The van der Waals surface area contributed by atoms with Gasteiger partial charge in [0, 0.05) is 12.1 Å². The van der Waals surface area contributed by atoms with E-state index < -0.39 is 24.1 Å². The molecule has 2 aromatic carbocycles. The third-order valence-corrected chi connectivity index (χ3v) is 2.63. The fourth-order valence-corrected chi connectivity index (χ4v) is 1.70. The van der Waals surface area contributed by atoms with E-state index in [1.165, 1.54) is 0 Å². The molecule has 0 spiro atoms. The molecule has 1 nitrogen and oxygen atoms in total. The summed E-state index contributed by atoms with van der Waals surface area (Å²) in [6, 6.07) is 9.79. The number of rotatable bonds is 4. The second-order valence-corrected chi connectivity index (χ2v) is 4.15. The molecule has 0 amide bonds. The number of halogens is 5. The van der Waals surface area contributed by atoms with Crippen molar-refractivity contribution in [1.29, 1.82) is 0 Å². The summed E-state index contributed by atoms with van der Waals surface area (Å²) in [6.07, 6.45) is 0. The summed E-state index contributed by atoms with van der Waals surface area (Å²) in [4.78, 5) is 0. The van der Waals surface area contributed by atoms with Crippen molar-refractivity contribution in [1.82, 2.24) is 0 Å². The molecule has 2 rings (SSSR count). The number of benzene rings is 2. The monoisotopic (exact) mass is 287 g/mol. The maximum Gasteiger partial charge on any atom is 0.515 e. The smallest absolute Gasteiger partial charge is 0.489 e. The quantitative estimate of drug-likeness (QED) is 0.616. The van der Waals surface area contributed by atoms with Gasteiger partial charge in [-0.3, -0.25) is 0 Å². The normalized spacial score (nSPS) is 11.4. The van der Waals surface area contributed by atoms with Gasteiger partial charge in [-0.05, 0) is 11.0 Å². The van der Waals surface area contributed by atoms with Crippen LogP contribution in [-0.2, 0) is 6.61 Å². The summed E-state index contributed by atoms with van der Waals surface area (Å²) >= 11 is 0. The molecular weight excluding hydrogens is 278 g/mol. The van der Waals surface area contributed by atoms with E-state index in [9.17, 15) is 21.7 Å². The molecule has 0 fully saturated rings. The minimum absolute atomic E-state index is 0.0101. The zero-order valence-electron chi connectivity index (χ0n) is 10.1. The Morgan fingerprint density at radius 2 is 1.45 bits per heavy atom. The average molecular weight is 287 g/mol. The average Bonchev–Trinajstić information content (AvgIpc) is 2.35. The maximum absolute atomic E-state index is 13.3. The third kappa shape index (κ3) is 3.29. The predicted molar refractivity (Wildman–Crippen MR) is 65.8 cm³/mol. The van der Waals surface area contributed by atoms with Gasteiger partial charge in [0.15, 0.2) is 0 Å². The minimum atomic E-state index is -5.73. The van der Waals surface area contributed by atoms with Crippen LogP contribution in [0.15, 0.2) is 42.5 Å². The summed E-state index contributed by atoms with van der Waals surface area (Å²) in [6.45, 7) is -5.72. The van der Waals surface area contributed by atoms with Crippen molar-refractivity contribution in [2.45, 2.75) is 6.61 Å². The number of hydrogen-bond acceptors (Lipinski definition) is 1. The van der Waals surface area contributed by atoms with Gasteiger partial charge >= 0.3 is 6.98 Å². The number of ether oxygens (including phenoxy) is 1. The largest absolute Gasteiger partial charge is 0.515 e. The van der Waals surface area contributed by atoms with E-state index in [4.69, 9.17) is 4.74 Å². The molecule has 0 aromatic heterocycles. The standard InChI is InChI=1S/C13H9BF5O/c15-11-6-10(7-12(16)13(11)14(17,18)19)20-8-9-4-2-1-3-5-9/h1-7H,8H2/q-1. The highest BCUT2D eigenvalue weighted by Crippen LogP contribution is 2.20. The van der Waals surface area contributed by atoms with Gasteiger partial charge in [-0.2, -0.15) is 0 Å². The van der Waals surface area contributed by atoms with Gasteiger partial charge in [0.05, 0.1) is 0 Å². The lowest BCUT2D eigenvalue weighted by Crippen LogP contribution is -2.39. The minimum Gasteiger partial charge on any atom is -0.489 e. The number of hydrogen-bond donors (Lipinski definition) is 0. The van der Waals surface area contributed by atoms with E-state index in [-0.39, 0.29) is 12.4 Å². The zero-order chi connectivity index (χ0) is 14.8. The van der Waals surface area contributed by atoms with Gasteiger partial charge < -0.3 is 17.7 Å². The van der Waals surface area contributed by atoms with Crippen molar-refractivity contribution in [3.63, 3.8) is 0 Å². The molecule has 0 aliphatic carbocycles. The molecular formula is C13H9BF5O-. The molecule has 0 aliphatic rings. The fraction of sp³-hybridized carbons (Fsp3) is 0.0769. The van der Waals surface area contributed by atoms with Gasteiger partial charge in [0.25, 0.3) is 0 Å². The molecule has 0 radical (unpaired) electrons. The molecule has 20 heavy (non-hydrogen) atoms. The second kappa shape index (κ2) is 5.52. The first-order valence-electron chi connectivity index (χ1n) is 5.73. The van der Waals surface area contributed by atoms with Crippen LogP contribution in [0.3, 0.4) is 0 Å². The molecule has 0 bridgehead atoms. The van der Waals surface area contributed by atoms with Crippen molar-refractivity contribution in [3.8, 4) is 5.75 Å². The lowest BCUT2D eigenvalue weighted by atomic mass is 9.79. The Labute approximate surface area is 112 Å². The van der Waals surface area contributed by atoms with Crippen LogP contribution in [0, 0.1) is 11.6 Å². The first kappa shape index (κ1) is 14.4. The molecule has 0 N–H and O–H groups in total. The Kier molecular flexibility index (Phi) is 3.97. The van der Waals surface area contributed by atoms with Gasteiger partial charge in [-0.15, -0.1) is 0 Å². The third-order valence-electron chi connectivity index (χ3n) is 2.63. The van der Waals surface area contributed by atoms with Gasteiger partial charge in [0.2, 0.25) is 0 Å². The topological polar surface area (TPSA) is 9.23 Å². The summed E-state index contributed by atoms with van der Waals surface area (Å²) in [5.41, 5.74) is -1.12. The van der Waals surface area contributed by atoms with Crippen LogP contribution >= 0.6 is 0 Å². The summed E-state index contributed by atoms with van der Waals surface area (Å²) in [5.74, 6) is -3.62. The van der Waals surface area contributed by atoms with Crippen LogP contribution in [0.2, 0.25) is 0 Å². The summed E-state index contributed by atoms with van der Waals surface area (Å²) in [5, 5.41) is 0. The highest BCUT2D eigenvalue weighted by molar-refractivity contribution is 6.73. The van der Waals surface area contributed by atoms with Crippen LogP contribution < -0.4 is 10.2 Å². The van der Waals surface area contributed by atoms with Gasteiger partial charge in [0.1, 0.15) is 24.0 Å². The van der Waals surface area contributed by atoms with Gasteiger partial charge in [-0.25, -0.2) is 8.78 Å². The maximum atomic E-state index is 13.3. The molecule has 0 heterocycles. The Morgan fingerprint density at radius 3 is 1.95 bits per heavy atom. The highest BCUT2D eigenvalue weighted by Gasteiger charge is 2.32. The summed E-state index contributed by atoms with van der Waals surface area (Å²) < 4.78 is 69.0. The molecule has 0 unspecified atom stereocenters. The lowest BCUT2D eigenvalue weighted by molar-refractivity contribution is 0.303. The molecule has 0 atom stereocenters. The highest BCUT2D eigenvalue weighted by atomic mass is 19.4. The summed E-state index contributed by atoms with van der Waals surface area (Å²) in [7, 11) is 0. The van der Waals surface area contributed by atoms with Crippen molar-refractivity contribution in [2.24, 2.45) is 0 Å². The second-order valence-electron chi connectivity index (χ2n) is 4.15. The van der Waals surface area contributed by atoms with E-state index in [0.29, 0.717) is 12.1 Å². The molecule has 0 aliphatic heterocycles. The van der Waals surface area contributed by atoms with E-state index >= 15 is 0 Å². The lowest BCUT2D eigenvalue weighted by Gasteiger charge is -2.17. The van der Waals surface area contributed by atoms with Crippen LogP contribution in [0.25, 0.3) is 0 Å². The van der Waals surface area contributed by atoms with Crippen LogP contribution in [0.1, 0.15) is 5.56 Å². The molecule has 0 saturated heterocycles. The van der Waals surface area contributed by atoms with Crippen molar-refractivity contribution >= 4 is 12.4 Å². The van der Waals surface area contributed by atoms with E-state index in [1.54, 1.807) is 30.3 Å². The van der Waals surface area contributed by atoms with E-state index in [0.717, 1.165) is 5.56 Å².